The Hall–Kier alpha value is -3.14. The lowest BCUT2D eigenvalue weighted by Crippen LogP contribution is -2.39. The molecule has 1 aliphatic rings. The summed E-state index contributed by atoms with van der Waals surface area (Å²) in [5, 5.41) is 4.79. The van der Waals surface area contributed by atoms with Gasteiger partial charge in [0.25, 0.3) is 5.91 Å². The van der Waals surface area contributed by atoms with Gasteiger partial charge in [-0.25, -0.2) is 9.97 Å². The molecule has 0 radical (unpaired) electrons. The van der Waals surface area contributed by atoms with Crippen molar-refractivity contribution >= 4 is 17.5 Å². The number of methoxy groups -OCH3 is 1. The van der Waals surface area contributed by atoms with Crippen LogP contribution < -0.4 is 4.74 Å². The number of hydrogen-bond donors (Lipinski definition) is 0. The Morgan fingerprint density at radius 1 is 1.25 bits per heavy atom. The Bertz CT molecular complexity index is 1180. The number of benzene rings is 1. The second kappa shape index (κ2) is 8.09. The molecule has 2 aromatic heterocycles. The summed E-state index contributed by atoms with van der Waals surface area (Å²) >= 11 is 6.34. The van der Waals surface area contributed by atoms with E-state index in [2.05, 4.69) is 15.1 Å². The molecular formula is C21H19ClF3N5O2. The van der Waals surface area contributed by atoms with Crippen molar-refractivity contribution < 1.29 is 22.7 Å². The molecule has 3 heterocycles. The monoisotopic (exact) mass is 465 g/mol. The quantitative estimate of drug-likeness (QED) is 0.576. The lowest BCUT2D eigenvalue weighted by Gasteiger charge is -2.33. The molecule has 7 nitrogen and oxygen atoms in total. The highest BCUT2D eigenvalue weighted by Gasteiger charge is 2.36. The number of halogens is 4. The minimum atomic E-state index is -4.61. The summed E-state index contributed by atoms with van der Waals surface area (Å²) in [6, 6.07) is 4.64. The number of ether oxygens (including phenoxy) is 1. The van der Waals surface area contributed by atoms with E-state index in [1.807, 2.05) is 6.92 Å². The summed E-state index contributed by atoms with van der Waals surface area (Å²) in [5.74, 6) is -1.04. The third-order valence-electron chi connectivity index (χ3n) is 5.50. The zero-order valence-electron chi connectivity index (χ0n) is 17.4. The Balaban J connectivity index is 1.67. The van der Waals surface area contributed by atoms with Gasteiger partial charge in [0, 0.05) is 37.1 Å². The lowest BCUT2D eigenvalue weighted by molar-refractivity contribution is -0.144. The van der Waals surface area contributed by atoms with E-state index in [0.717, 1.165) is 18.0 Å². The summed E-state index contributed by atoms with van der Waals surface area (Å²) < 4.78 is 45.2. The number of hydrogen-bond acceptors (Lipinski definition) is 5. The number of carbonyl (C=O) groups is 1. The Morgan fingerprint density at radius 2 is 1.94 bits per heavy atom. The van der Waals surface area contributed by atoms with Crippen molar-refractivity contribution in [2.45, 2.75) is 25.6 Å². The summed E-state index contributed by atoms with van der Waals surface area (Å²) in [7, 11) is 3.18. The second-order valence-corrected chi connectivity index (χ2v) is 7.75. The fourth-order valence-electron chi connectivity index (χ4n) is 3.97. The SMILES string of the molecule is COc1cccc(C(=O)N2CCc3c(nn(C)c3-c3cnc(C(F)(F)F)nc3)[C@@H]2C)c1Cl. The largest absolute Gasteiger partial charge is 0.495 e. The van der Waals surface area contributed by atoms with Gasteiger partial charge in [-0.2, -0.15) is 18.3 Å². The number of alkyl halides is 3. The smallest absolute Gasteiger partial charge is 0.451 e. The maximum absolute atomic E-state index is 13.2. The van der Waals surface area contributed by atoms with Crippen LogP contribution in [0.3, 0.4) is 0 Å². The zero-order chi connectivity index (χ0) is 23.2. The molecule has 0 fully saturated rings. The third-order valence-corrected chi connectivity index (χ3v) is 5.89. The summed E-state index contributed by atoms with van der Waals surface area (Å²) in [6.45, 7) is 2.24. The van der Waals surface area contributed by atoms with Crippen molar-refractivity contribution in [1.82, 2.24) is 24.6 Å². The van der Waals surface area contributed by atoms with Crippen LogP contribution in [-0.2, 0) is 19.6 Å². The van der Waals surface area contributed by atoms with Crippen molar-refractivity contribution in [2.24, 2.45) is 7.05 Å². The first-order valence-electron chi connectivity index (χ1n) is 9.72. The lowest BCUT2D eigenvalue weighted by atomic mass is 9.96. The number of nitrogens with zero attached hydrogens (tertiary/aromatic N) is 5. The van der Waals surface area contributed by atoms with Crippen LogP contribution in [0.1, 0.15) is 40.4 Å². The molecule has 11 heteroatoms. The highest BCUT2D eigenvalue weighted by Crippen LogP contribution is 2.37. The fraction of sp³-hybridized carbons (Fsp3) is 0.333. The van der Waals surface area contributed by atoms with Gasteiger partial charge in [0.15, 0.2) is 0 Å². The Morgan fingerprint density at radius 3 is 2.56 bits per heavy atom. The van der Waals surface area contributed by atoms with Crippen LogP contribution in [-0.4, -0.2) is 44.2 Å². The van der Waals surface area contributed by atoms with E-state index >= 15 is 0 Å². The van der Waals surface area contributed by atoms with E-state index in [0.29, 0.717) is 41.2 Å². The first-order chi connectivity index (χ1) is 15.1. The molecule has 168 valence electrons. The normalized spacial score (nSPS) is 16.1. The van der Waals surface area contributed by atoms with Gasteiger partial charge in [0.2, 0.25) is 5.82 Å². The van der Waals surface area contributed by atoms with E-state index in [-0.39, 0.29) is 17.0 Å². The topological polar surface area (TPSA) is 73.1 Å². The summed E-state index contributed by atoms with van der Waals surface area (Å²) in [6.07, 6.45) is -1.85. The van der Waals surface area contributed by atoms with Gasteiger partial charge in [-0.15, -0.1) is 0 Å². The van der Waals surface area contributed by atoms with Crippen LogP contribution in [0.2, 0.25) is 5.02 Å². The molecule has 3 aromatic rings. The molecule has 1 amide bonds. The molecule has 0 saturated carbocycles. The van der Waals surface area contributed by atoms with Gasteiger partial charge in [0.05, 0.1) is 35.1 Å². The molecule has 4 rings (SSSR count). The van der Waals surface area contributed by atoms with Crippen LogP contribution in [0, 0.1) is 0 Å². The molecular weight excluding hydrogens is 447 g/mol. The first kappa shape index (κ1) is 22.1. The molecule has 0 N–H and O–H groups in total. The average molecular weight is 466 g/mol. The standard InChI is InChI=1S/C21H19ClF3N5O2/c1-11-17-14(7-8-30(11)19(31)13-5-4-6-15(32-3)16(13)22)18(29(2)28-17)12-9-26-20(27-10-12)21(23,24)25/h4-6,9-11H,7-8H2,1-3H3/t11-/m0/s1. The molecule has 32 heavy (non-hydrogen) atoms. The van der Waals surface area contributed by atoms with Gasteiger partial charge in [-0.3, -0.25) is 9.48 Å². The highest BCUT2D eigenvalue weighted by molar-refractivity contribution is 6.35. The Kier molecular flexibility index (Phi) is 5.58. The number of aryl methyl sites for hydroxylation is 1. The maximum Gasteiger partial charge on any atom is 0.451 e. The number of carbonyl (C=O) groups excluding carboxylic acids is 1. The van der Waals surface area contributed by atoms with E-state index in [1.54, 1.807) is 34.8 Å². The molecule has 0 bridgehead atoms. The zero-order valence-corrected chi connectivity index (χ0v) is 18.2. The van der Waals surface area contributed by atoms with Crippen molar-refractivity contribution in [2.75, 3.05) is 13.7 Å². The van der Waals surface area contributed by atoms with Gasteiger partial charge in [0.1, 0.15) is 5.75 Å². The number of amides is 1. The van der Waals surface area contributed by atoms with Crippen LogP contribution in [0.15, 0.2) is 30.6 Å². The average Bonchev–Trinajstić information content (AvgIpc) is 3.10. The van der Waals surface area contributed by atoms with Crippen molar-refractivity contribution in [1.29, 1.82) is 0 Å². The van der Waals surface area contributed by atoms with Crippen LogP contribution in [0.5, 0.6) is 5.75 Å². The predicted molar refractivity (Wildman–Crippen MR) is 110 cm³/mol. The number of rotatable bonds is 3. The van der Waals surface area contributed by atoms with Crippen LogP contribution in [0.4, 0.5) is 13.2 Å². The second-order valence-electron chi connectivity index (χ2n) is 7.38. The molecule has 0 saturated heterocycles. The van der Waals surface area contributed by atoms with E-state index < -0.39 is 12.0 Å². The molecule has 0 unspecified atom stereocenters. The first-order valence-corrected chi connectivity index (χ1v) is 10.1. The highest BCUT2D eigenvalue weighted by atomic mass is 35.5. The van der Waals surface area contributed by atoms with Gasteiger partial charge in [-0.1, -0.05) is 17.7 Å². The fourth-order valence-corrected chi connectivity index (χ4v) is 4.25. The van der Waals surface area contributed by atoms with Crippen LogP contribution >= 0.6 is 11.6 Å². The van der Waals surface area contributed by atoms with Gasteiger partial charge in [-0.05, 0) is 25.5 Å². The number of aromatic nitrogens is 4. The molecule has 1 aromatic carbocycles. The van der Waals surface area contributed by atoms with Gasteiger partial charge < -0.3 is 9.64 Å². The third kappa shape index (κ3) is 3.68. The molecule has 1 atom stereocenters. The summed E-state index contributed by atoms with van der Waals surface area (Å²) in [5.41, 5.74) is 2.91. The van der Waals surface area contributed by atoms with E-state index in [9.17, 15) is 18.0 Å². The molecule has 1 aliphatic heterocycles. The van der Waals surface area contributed by atoms with Crippen LogP contribution in [0.25, 0.3) is 11.3 Å². The predicted octanol–water partition coefficient (Wildman–Crippen LogP) is 4.32. The van der Waals surface area contributed by atoms with Crippen molar-refractivity contribution in [3.05, 3.63) is 58.3 Å². The minimum Gasteiger partial charge on any atom is -0.495 e. The molecule has 0 aliphatic carbocycles. The summed E-state index contributed by atoms with van der Waals surface area (Å²) in [4.78, 5) is 21.8. The van der Waals surface area contributed by atoms with Crippen molar-refractivity contribution in [3.8, 4) is 17.0 Å². The van der Waals surface area contributed by atoms with E-state index in [1.165, 1.54) is 7.11 Å². The maximum atomic E-state index is 13.2. The minimum absolute atomic E-state index is 0.238. The van der Waals surface area contributed by atoms with Crippen molar-refractivity contribution in [3.63, 3.8) is 0 Å². The number of fused-ring (bicyclic) bond motifs is 1. The molecule has 0 spiro atoms. The van der Waals surface area contributed by atoms with E-state index in [4.69, 9.17) is 16.3 Å². The van der Waals surface area contributed by atoms with Gasteiger partial charge >= 0.3 is 6.18 Å². The Labute approximate surface area is 186 Å².